The Morgan fingerprint density at radius 2 is 1.92 bits per heavy atom. The van der Waals surface area contributed by atoms with Gasteiger partial charge in [0, 0.05) is 6.61 Å². The number of amides is 2. The highest BCUT2D eigenvalue weighted by Crippen LogP contribution is 2.05. The Hall–Kier alpha value is -0.900. The first-order valence-corrected chi connectivity index (χ1v) is 4.60. The van der Waals surface area contributed by atoms with Crippen molar-refractivity contribution in [2.45, 2.75) is 39.7 Å². The lowest BCUT2D eigenvalue weighted by atomic mass is 10.3. The summed E-state index contributed by atoms with van der Waals surface area (Å²) >= 11 is 0. The molecule has 1 unspecified atom stereocenters. The maximum atomic E-state index is 10.7. The number of rotatable bonds is 2. The Bertz CT molecular complexity index is 180. The SMILES string of the molecule is CCC.CCOC1CC(=O)NC1=O. The second-order valence-corrected chi connectivity index (χ2v) is 2.77. The van der Waals surface area contributed by atoms with Crippen LogP contribution in [-0.4, -0.2) is 24.5 Å². The third kappa shape index (κ3) is 4.62. The van der Waals surface area contributed by atoms with Gasteiger partial charge in [0.05, 0.1) is 6.42 Å². The summed E-state index contributed by atoms with van der Waals surface area (Å²) in [6.45, 7) is 6.50. The van der Waals surface area contributed by atoms with Gasteiger partial charge < -0.3 is 4.74 Å². The van der Waals surface area contributed by atoms with Crippen LogP contribution in [0, 0.1) is 0 Å². The fourth-order valence-corrected chi connectivity index (χ4v) is 0.866. The Morgan fingerprint density at radius 1 is 1.38 bits per heavy atom. The van der Waals surface area contributed by atoms with Gasteiger partial charge in [-0.2, -0.15) is 0 Å². The van der Waals surface area contributed by atoms with E-state index in [-0.39, 0.29) is 18.2 Å². The second-order valence-electron chi connectivity index (χ2n) is 2.77. The van der Waals surface area contributed by atoms with Gasteiger partial charge >= 0.3 is 0 Å². The minimum atomic E-state index is -0.544. The first-order chi connectivity index (χ1) is 6.15. The van der Waals surface area contributed by atoms with Crippen LogP contribution >= 0.6 is 0 Å². The third-order valence-electron chi connectivity index (χ3n) is 1.29. The number of nitrogens with one attached hydrogen (secondary N) is 1. The van der Waals surface area contributed by atoms with E-state index in [0.29, 0.717) is 6.61 Å². The van der Waals surface area contributed by atoms with E-state index >= 15 is 0 Å². The van der Waals surface area contributed by atoms with E-state index in [9.17, 15) is 9.59 Å². The molecule has 13 heavy (non-hydrogen) atoms. The number of hydrogen-bond acceptors (Lipinski definition) is 3. The Morgan fingerprint density at radius 3 is 2.23 bits per heavy atom. The van der Waals surface area contributed by atoms with Gasteiger partial charge in [-0.05, 0) is 6.92 Å². The van der Waals surface area contributed by atoms with Crippen molar-refractivity contribution in [2.75, 3.05) is 6.61 Å². The van der Waals surface area contributed by atoms with Crippen molar-refractivity contribution in [3.63, 3.8) is 0 Å². The maximum Gasteiger partial charge on any atom is 0.256 e. The van der Waals surface area contributed by atoms with Crippen molar-refractivity contribution in [2.24, 2.45) is 0 Å². The summed E-state index contributed by atoms with van der Waals surface area (Å²) in [6, 6.07) is 0. The van der Waals surface area contributed by atoms with Crippen molar-refractivity contribution < 1.29 is 14.3 Å². The van der Waals surface area contributed by atoms with Crippen molar-refractivity contribution in [1.29, 1.82) is 0 Å². The molecule has 0 saturated carbocycles. The molecule has 2 amide bonds. The van der Waals surface area contributed by atoms with Crippen LogP contribution in [0.15, 0.2) is 0 Å². The topological polar surface area (TPSA) is 55.4 Å². The Labute approximate surface area is 78.6 Å². The van der Waals surface area contributed by atoms with E-state index in [4.69, 9.17) is 4.74 Å². The van der Waals surface area contributed by atoms with Crippen LogP contribution in [0.2, 0.25) is 0 Å². The van der Waals surface area contributed by atoms with Gasteiger partial charge in [-0.1, -0.05) is 20.3 Å². The molecule has 1 heterocycles. The van der Waals surface area contributed by atoms with E-state index in [1.165, 1.54) is 6.42 Å². The van der Waals surface area contributed by atoms with E-state index < -0.39 is 6.10 Å². The summed E-state index contributed by atoms with van der Waals surface area (Å²) in [5, 5.41) is 2.15. The molecule has 4 nitrogen and oxygen atoms in total. The normalized spacial score (nSPS) is 20.7. The molecule has 0 spiro atoms. The van der Waals surface area contributed by atoms with E-state index in [1.807, 2.05) is 0 Å². The van der Waals surface area contributed by atoms with Gasteiger partial charge in [0.2, 0.25) is 5.91 Å². The molecule has 0 aromatic carbocycles. The molecule has 1 rings (SSSR count). The average Bonchev–Trinajstić information content (AvgIpc) is 2.33. The van der Waals surface area contributed by atoms with Gasteiger partial charge in [-0.25, -0.2) is 0 Å². The van der Waals surface area contributed by atoms with Crippen LogP contribution in [0.25, 0.3) is 0 Å². The van der Waals surface area contributed by atoms with Crippen LogP contribution in [0.1, 0.15) is 33.6 Å². The number of hydrogen-bond donors (Lipinski definition) is 1. The molecule has 76 valence electrons. The largest absolute Gasteiger partial charge is 0.368 e. The fourth-order valence-electron chi connectivity index (χ4n) is 0.866. The predicted molar refractivity (Wildman–Crippen MR) is 49.1 cm³/mol. The maximum absolute atomic E-state index is 10.7. The lowest BCUT2D eigenvalue weighted by Gasteiger charge is -2.03. The van der Waals surface area contributed by atoms with Crippen LogP contribution < -0.4 is 5.32 Å². The standard InChI is InChI=1S/C6H9NO3.C3H8/c1-2-10-4-3-5(8)7-6(4)9;1-3-2/h4H,2-3H2,1H3,(H,7,8,9);3H2,1-2H3. The van der Waals surface area contributed by atoms with E-state index in [0.717, 1.165) is 0 Å². The molecule has 0 radical (unpaired) electrons. The molecule has 1 aliphatic heterocycles. The van der Waals surface area contributed by atoms with Crippen molar-refractivity contribution in [3.05, 3.63) is 0 Å². The highest BCUT2D eigenvalue weighted by atomic mass is 16.5. The monoisotopic (exact) mass is 187 g/mol. The van der Waals surface area contributed by atoms with Crippen molar-refractivity contribution in [1.82, 2.24) is 5.32 Å². The van der Waals surface area contributed by atoms with Gasteiger partial charge in [0.15, 0.2) is 0 Å². The zero-order valence-electron chi connectivity index (χ0n) is 8.42. The molecule has 4 heteroatoms. The first kappa shape index (κ1) is 12.1. The predicted octanol–water partition coefficient (Wildman–Crippen LogP) is 0.854. The first-order valence-electron chi connectivity index (χ1n) is 4.60. The lowest BCUT2D eigenvalue weighted by molar-refractivity contribution is -0.129. The summed E-state index contributed by atoms with van der Waals surface area (Å²) in [7, 11) is 0. The van der Waals surface area contributed by atoms with E-state index in [2.05, 4.69) is 19.2 Å². The zero-order valence-corrected chi connectivity index (χ0v) is 8.42. The number of ether oxygens (including phenoxy) is 1. The van der Waals surface area contributed by atoms with Gasteiger partial charge in [-0.3, -0.25) is 14.9 Å². The molecule has 0 aromatic rings. The number of imide groups is 1. The third-order valence-corrected chi connectivity index (χ3v) is 1.29. The highest BCUT2D eigenvalue weighted by Gasteiger charge is 2.30. The highest BCUT2D eigenvalue weighted by molar-refractivity contribution is 6.04. The summed E-state index contributed by atoms with van der Waals surface area (Å²) < 4.78 is 4.95. The Kier molecular flexibility index (Phi) is 6.14. The van der Waals surface area contributed by atoms with Gasteiger partial charge in [0.25, 0.3) is 5.91 Å². The minimum Gasteiger partial charge on any atom is -0.368 e. The molecule has 0 aliphatic carbocycles. The fraction of sp³-hybridized carbons (Fsp3) is 0.778. The lowest BCUT2D eigenvalue weighted by Crippen LogP contribution is -2.26. The molecule has 1 atom stereocenters. The molecular formula is C9H17NO3. The molecule has 1 saturated heterocycles. The van der Waals surface area contributed by atoms with Crippen LogP contribution in [0.3, 0.4) is 0 Å². The van der Waals surface area contributed by atoms with E-state index in [1.54, 1.807) is 6.92 Å². The summed E-state index contributed by atoms with van der Waals surface area (Å²) in [5.41, 5.74) is 0. The summed E-state index contributed by atoms with van der Waals surface area (Å²) in [6.07, 6.45) is 0.879. The average molecular weight is 187 g/mol. The van der Waals surface area contributed by atoms with Crippen molar-refractivity contribution in [3.8, 4) is 0 Å². The zero-order chi connectivity index (χ0) is 10.3. The van der Waals surface area contributed by atoms with Gasteiger partial charge in [0.1, 0.15) is 6.10 Å². The van der Waals surface area contributed by atoms with Crippen LogP contribution in [0.4, 0.5) is 0 Å². The van der Waals surface area contributed by atoms with Crippen molar-refractivity contribution >= 4 is 11.8 Å². The molecule has 0 bridgehead atoms. The quantitative estimate of drug-likeness (QED) is 0.652. The van der Waals surface area contributed by atoms with Crippen LogP contribution in [0.5, 0.6) is 0 Å². The molecule has 0 aromatic heterocycles. The van der Waals surface area contributed by atoms with Gasteiger partial charge in [-0.15, -0.1) is 0 Å². The molecule has 1 N–H and O–H groups in total. The molecule has 1 aliphatic rings. The smallest absolute Gasteiger partial charge is 0.256 e. The Balaban J connectivity index is 0.000000424. The van der Waals surface area contributed by atoms with Crippen LogP contribution in [-0.2, 0) is 14.3 Å². The molecule has 1 fully saturated rings. The summed E-state index contributed by atoms with van der Waals surface area (Å²) in [5.74, 6) is -0.560. The molecular weight excluding hydrogens is 170 g/mol. The number of carbonyl (C=O) groups is 2. The number of carbonyl (C=O) groups excluding carboxylic acids is 2. The summed E-state index contributed by atoms with van der Waals surface area (Å²) in [4.78, 5) is 21.2. The minimum absolute atomic E-state index is 0.173. The second kappa shape index (κ2) is 6.60.